The van der Waals surface area contributed by atoms with Gasteiger partial charge in [-0.25, -0.2) is 4.79 Å². The summed E-state index contributed by atoms with van der Waals surface area (Å²) in [4.78, 5) is 11.6. The number of methoxy groups -OCH3 is 1. The fourth-order valence-electron chi connectivity index (χ4n) is 1.75. The number of benzene rings is 1. The first kappa shape index (κ1) is 13.2. The minimum Gasteiger partial charge on any atom is -0.465 e. The lowest BCUT2D eigenvalue weighted by atomic mass is 10.1. The van der Waals surface area contributed by atoms with Gasteiger partial charge in [-0.15, -0.1) is 5.10 Å². The average molecular weight is 260 g/mol. The predicted octanol–water partition coefficient (Wildman–Crippen LogP) is 0.854. The molecule has 6 heteroatoms. The highest BCUT2D eigenvalue weighted by atomic mass is 16.5. The third-order valence-electron chi connectivity index (χ3n) is 2.73. The molecule has 0 fully saturated rings. The van der Waals surface area contributed by atoms with E-state index in [0.717, 1.165) is 18.7 Å². The molecule has 6 nitrogen and oxygen atoms in total. The van der Waals surface area contributed by atoms with Gasteiger partial charge in [-0.3, -0.25) is 4.68 Å². The number of carbonyl (C=O) groups is 1. The summed E-state index contributed by atoms with van der Waals surface area (Å²) in [6, 6.07) is 7.40. The van der Waals surface area contributed by atoms with Gasteiger partial charge in [0.05, 0.1) is 25.4 Å². The molecule has 0 saturated heterocycles. The van der Waals surface area contributed by atoms with Crippen LogP contribution in [0.2, 0.25) is 0 Å². The number of aromatic nitrogens is 3. The number of ether oxygens (including phenoxy) is 1. The number of nitrogens with zero attached hydrogens (tertiary/aromatic N) is 3. The summed E-state index contributed by atoms with van der Waals surface area (Å²) in [6.07, 6.45) is 3.45. The van der Waals surface area contributed by atoms with Crippen molar-refractivity contribution >= 4 is 5.97 Å². The van der Waals surface area contributed by atoms with Crippen LogP contribution in [0.3, 0.4) is 0 Å². The lowest BCUT2D eigenvalue weighted by Gasteiger charge is -2.09. The Morgan fingerprint density at radius 3 is 3.00 bits per heavy atom. The molecule has 1 aromatic carbocycles. The number of hydrogen-bond donors (Lipinski definition) is 1. The summed E-state index contributed by atoms with van der Waals surface area (Å²) < 4.78 is 6.50. The van der Waals surface area contributed by atoms with Gasteiger partial charge in [0.2, 0.25) is 0 Å². The summed E-state index contributed by atoms with van der Waals surface area (Å²) in [6.45, 7) is 2.10. The van der Waals surface area contributed by atoms with Crippen LogP contribution in [0.1, 0.15) is 15.9 Å². The Kier molecular flexibility index (Phi) is 4.63. The maximum absolute atomic E-state index is 11.6. The van der Waals surface area contributed by atoms with Crippen LogP contribution in [0.25, 0.3) is 0 Å². The first-order valence-electron chi connectivity index (χ1n) is 6.02. The Balaban J connectivity index is 1.87. The number of rotatable bonds is 6. The van der Waals surface area contributed by atoms with Crippen molar-refractivity contribution in [1.29, 1.82) is 0 Å². The van der Waals surface area contributed by atoms with Gasteiger partial charge in [0.15, 0.2) is 0 Å². The smallest absolute Gasteiger partial charge is 0.338 e. The van der Waals surface area contributed by atoms with Crippen molar-refractivity contribution in [2.75, 3.05) is 13.7 Å². The van der Waals surface area contributed by atoms with Gasteiger partial charge in [0, 0.05) is 19.3 Å². The van der Waals surface area contributed by atoms with E-state index in [1.807, 2.05) is 24.4 Å². The molecular weight excluding hydrogens is 244 g/mol. The molecule has 0 atom stereocenters. The molecule has 0 unspecified atom stereocenters. The topological polar surface area (TPSA) is 69.0 Å². The van der Waals surface area contributed by atoms with Crippen molar-refractivity contribution in [3.05, 3.63) is 47.8 Å². The third kappa shape index (κ3) is 3.62. The zero-order valence-corrected chi connectivity index (χ0v) is 10.7. The predicted molar refractivity (Wildman–Crippen MR) is 69.5 cm³/mol. The summed E-state index contributed by atoms with van der Waals surface area (Å²) in [5, 5.41) is 10.9. The molecule has 0 amide bonds. The minimum absolute atomic E-state index is 0.311. The molecule has 0 spiro atoms. The van der Waals surface area contributed by atoms with E-state index in [1.165, 1.54) is 7.11 Å². The fraction of sp³-hybridized carbons (Fsp3) is 0.308. The lowest BCUT2D eigenvalue weighted by Crippen LogP contribution is -2.21. The maximum atomic E-state index is 11.6. The SMILES string of the molecule is COC(=O)c1ccccc1CNCCn1ccnn1. The normalized spacial score (nSPS) is 10.4. The molecule has 0 aliphatic carbocycles. The second-order valence-electron chi connectivity index (χ2n) is 3.99. The second kappa shape index (κ2) is 6.65. The Morgan fingerprint density at radius 1 is 1.42 bits per heavy atom. The minimum atomic E-state index is -0.311. The Labute approximate surface area is 111 Å². The zero-order chi connectivity index (χ0) is 13.5. The molecule has 0 aliphatic heterocycles. The van der Waals surface area contributed by atoms with E-state index < -0.39 is 0 Å². The van der Waals surface area contributed by atoms with E-state index in [4.69, 9.17) is 4.74 Å². The van der Waals surface area contributed by atoms with Gasteiger partial charge in [-0.05, 0) is 11.6 Å². The second-order valence-corrected chi connectivity index (χ2v) is 3.99. The van der Waals surface area contributed by atoms with Crippen molar-refractivity contribution < 1.29 is 9.53 Å². The van der Waals surface area contributed by atoms with Crippen molar-refractivity contribution in [3.8, 4) is 0 Å². The van der Waals surface area contributed by atoms with Crippen LogP contribution in [0, 0.1) is 0 Å². The summed E-state index contributed by atoms with van der Waals surface area (Å²) in [5.74, 6) is -0.311. The van der Waals surface area contributed by atoms with Crippen molar-refractivity contribution in [2.45, 2.75) is 13.1 Å². The fourth-order valence-corrected chi connectivity index (χ4v) is 1.75. The highest BCUT2D eigenvalue weighted by Gasteiger charge is 2.09. The molecule has 100 valence electrons. The first-order valence-corrected chi connectivity index (χ1v) is 6.02. The Morgan fingerprint density at radius 2 is 2.26 bits per heavy atom. The van der Waals surface area contributed by atoms with Gasteiger partial charge in [-0.2, -0.15) is 0 Å². The standard InChI is InChI=1S/C13H16N4O2/c1-19-13(18)12-5-3-2-4-11(12)10-14-6-8-17-9-7-15-16-17/h2-5,7,9,14H,6,8,10H2,1H3. The largest absolute Gasteiger partial charge is 0.465 e. The van der Waals surface area contributed by atoms with Crippen molar-refractivity contribution in [2.24, 2.45) is 0 Å². The van der Waals surface area contributed by atoms with Crippen LogP contribution in [0.15, 0.2) is 36.7 Å². The highest BCUT2D eigenvalue weighted by molar-refractivity contribution is 5.90. The monoisotopic (exact) mass is 260 g/mol. The van der Waals surface area contributed by atoms with Crippen LogP contribution in [0.4, 0.5) is 0 Å². The van der Waals surface area contributed by atoms with Crippen molar-refractivity contribution in [1.82, 2.24) is 20.3 Å². The molecule has 1 aromatic heterocycles. The highest BCUT2D eigenvalue weighted by Crippen LogP contribution is 2.09. The molecule has 0 saturated carbocycles. The number of nitrogens with one attached hydrogen (secondary N) is 1. The quantitative estimate of drug-likeness (QED) is 0.616. The lowest BCUT2D eigenvalue weighted by molar-refractivity contribution is 0.0599. The number of carbonyl (C=O) groups excluding carboxylic acids is 1. The van der Waals surface area contributed by atoms with Gasteiger partial charge < -0.3 is 10.1 Å². The summed E-state index contributed by atoms with van der Waals surface area (Å²) in [5.41, 5.74) is 1.52. The van der Waals surface area contributed by atoms with Gasteiger partial charge in [0.1, 0.15) is 0 Å². The summed E-state index contributed by atoms with van der Waals surface area (Å²) >= 11 is 0. The molecule has 1 heterocycles. The van der Waals surface area contributed by atoms with Crippen LogP contribution in [-0.2, 0) is 17.8 Å². The van der Waals surface area contributed by atoms with Crippen LogP contribution < -0.4 is 5.32 Å². The van der Waals surface area contributed by atoms with E-state index in [9.17, 15) is 4.79 Å². The maximum Gasteiger partial charge on any atom is 0.338 e. The Hall–Kier alpha value is -2.21. The molecule has 2 rings (SSSR count). The van der Waals surface area contributed by atoms with E-state index in [-0.39, 0.29) is 5.97 Å². The number of hydrogen-bond acceptors (Lipinski definition) is 5. The molecule has 1 N–H and O–H groups in total. The van der Waals surface area contributed by atoms with Crippen LogP contribution in [0.5, 0.6) is 0 Å². The Bertz CT molecular complexity index is 525. The molecule has 19 heavy (non-hydrogen) atoms. The molecule has 0 radical (unpaired) electrons. The third-order valence-corrected chi connectivity index (χ3v) is 2.73. The van der Waals surface area contributed by atoms with Crippen molar-refractivity contribution in [3.63, 3.8) is 0 Å². The molecule has 0 aliphatic rings. The van der Waals surface area contributed by atoms with E-state index in [1.54, 1.807) is 16.9 Å². The van der Waals surface area contributed by atoms with Gasteiger partial charge >= 0.3 is 5.97 Å². The van der Waals surface area contributed by atoms with Crippen LogP contribution >= 0.6 is 0 Å². The first-order chi connectivity index (χ1) is 9.31. The van der Waals surface area contributed by atoms with Crippen LogP contribution in [-0.4, -0.2) is 34.6 Å². The van der Waals surface area contributed by atoms with E-state index >= 15 is 0 Å². The van der Waals surface area contributed by atoms with E-state index in [2.05, 4.69) is 15.6 Å². The summed E-state index contributed by atoms with van der Waals surface area (Å²) in [7, 11) is 1.39. The van der Waals surface area contributed by atoms with E-state index in [0.29, 0.717) is 12.1 Å². The molecule has 2 aromatic rings. The average Bonchev–Trinajstić information content (AvgIpc) is 2.96. The molecular formula is C13H16N4O2. The number of esters is 1. The molecule has 0 bridgehead atoms. The zero-order valence-electron chi connectivity index (χ0n) is 10.7. The van der Waals surface area contributed by atoms with Gasteiger partial charge in [0.25, 0.3) is 0 Å². The van der Waals surface area contributed by atoms with Gasteiger partial charge in [-0.1, -0.05) is 23.4 Å².